The number of aromatic nitrogens is 2. The number of rotatable bonds is 10. The molecule has 1 aromatic carbocycles. The second-order valence-corrected chi connectivity index (χ2v) is 5.91. The third-order valence-corrected chi connectivity index (χ3v) is 4.00. The fourth-order valence-electron chi connectivity index (χ4n) is 2.66. The standard InChI is InChI=1S/C20H29N3O3/c1-6-8-9-12-26-20-19(21-4)23-18(14(3)22-20)16-11-10-15(25-7-2)13-17(16)24-5/h10-11,13H,6-9,12H2,1-5H3,(H,21,23). The van der Waals surface area contributed by atoms with Crippen molar-refractivity contribution in [3.8, 4) is 28.6 Å². The van der Waals surface area contributed by atoms with Gasteiger partial charge in [-0.05, 0) is 32.4 Å². The van der Waals surface area contributed by atoms with Crippen molar-refractivity contribution < 1.29 is 14.2 Å². The molecular formula is C20H29N3O3. The van der Waals surface area contributed by atoms with Crippen LogP contribution in [-0.2, 0) is 0 Å². The number of nitrogens with zero attached hydrogens (tertiary/aromatic N) is 2. The highest BCUT2D eigenvalue weighted by atomic mass is 16.5. The van der Waals surface area contributed by atoms with E-state index < -0.39 is 0 Å². The van der Waals surface area contributed by atoms with Gasteiger partial charge in [-0.2, -0.15) is 0 Å². The summed E-state index contributed by atoms with van der Waals surface area (Å²) < 4.78 is 16.9. The van der Waals surface area contributed by atoms with Gasteiger partial charge in [0.25, 0.3) is 5.88 Å². The summed E-state index contributed by atoms with van der Waals surface area (Å²) in [6, 6.07) is 5.73. The molecule has 6 heteroatoms. The van der Waals surface area contributed by atoms with E-state index in [9.17, 15) is 0 Å². The van der Waals surface area contributed by atoms with E-state index in [1.54, 1.807) is 7.11 Å². The highest BCUT2D eigenvalue weighted by Crippen LogP contribution is 2.35. The zero-order valence-electron chi connectivity index (χ0n) is 16.4. The fraction of sp³-hybridized carbons (Fsp3) is 0.500. The Bertz CT molecular complexity index is 720. The Kier molecular flexibility index (Phi) is 7.51. The van der Waals surface area contributed by atoms with Crippen LogP contribution in [0.25, 0.3) is 11.3 Å². The molecule has 0 aliphatic heterocycles. The number of hydrogen-bond acceptors (Lipinski definition) is 6. The van der Waals surface area contributed by atoms with Crippen molar-refractivity contribution in [2.45, 2.75) is 40.0 Å². The van der Waals surface area contributed by atoms with Gasteiger partial charge in [-0.3, -0.25) is 0 Å². The number of unbranched alkanes of at least 4 members (excludes halogenated alkanes) is 2. The van der Waals surface area contributed by atoms with Gasteiger partial charge in [0, 0.05) is 18.7 Å². The monoisotopic (exact) mass is 359 g/mol. The minimum atomic E-state index is 0.537. The first-order valence-corrected chi connectivity index (χ1v) is 9.14. The van der Waals surface area contributed by atoms with Gasteiger partial charge in [0.2, 0.25) is 0 Å². The average molecular weight is 359 g/mol. The molecule has 1 aromatic heterocycles. The molecule has 0 bridgehead atoms. The van der Waals surface area contributed by atoms with Crippen molar-refractivity contribution in [2.75, 3.05) is 32.7 Å². The molecular weight excluding hydrogens is 330 g/mol. The molecule has 0 radical (unpaired) electrons. The summed E-state index contributed by atoms with van der Waals surface area (Å²) in [6.07, 6.45) is 3.31. The number of benzene rings is 1. The zero-order chi connectivity index (χ0) is 18.9. The predicted octanol–water partition coefficient (Wildman–Crippen LogP) is 4.47. The fourth-order valence-corrected chi connectivity index (χ4v) is 2.66. The van der Waals surface area contributed by atoms with Crippen molar-refractivity contribution in [3.63, 3.8) is 0 Å². The van der Waals surface area contributed by atoms with Crippen LogP contribution in [0.3, 0.4) is 0 Å². The molecule has 26 heavy (non-hydrogen) atoms. The number of anilines is 1. The second kappa shape index (κ2) is 9.85. The van der Waals surface area contributed by atoms with Crippen LogP contribution in [0.1, 0.15) is 38.8 Å². The number of ether oxygens (including phenoxy) is 3. The van der Waals surface area contributed by atoms with Crippen LogP contribution >= 0.6 is 0 Å². The van der Waals surface area contributed by atoms with E-state index in [1.807, 2.05) is 39.1 Å². The van der Waals surface area contributed by atoms with Crippen molar-refractivity contribution in [2.24, 2.45) is 0 Å². The molecule has 1 N–H and O–H groups in total. The zero-order valence-corrected chi connectivity index (χ0v) is 16.4. The summed E-state index contributed by atoms with van der Waals surface area (Å²) in [7, 11) is 3.46. The molecule has 0 amide bonds. The third-order valence-electron chi connectivity index (χ3n) is 4.00. The lowest BCUT2D eigenvalue weighted by molar-refractivity contribution is 0.295. The third kappa shape index (κ3) is 4.77. The molecule has 0 aliphatic rings. The van der Waals surface area contributed by atoms with Crippen molar-refractivity contribution in [1.29, 1.82) is 0 Å². The van der Waals surface area contributed by atoms with E-state index in [2.05, 4.69) is 17.2 Å². The van der Waals surface area contributed by atoms with Crippen LogP contribution in [0.2, 0.25) is 0 Å². The molecule has 1 heterocycles. The second-order valence-electron chi connectivity index (χ2n) is 5.91. The van der Waals surface area contributed by atoms with Gasteiger partial charge in [0.1, 0.15) is 11.5 Å². The Balaban J connectivity index is 2.35. The van der Waals surface area contributed by atoms with Gasteiger partial charge >= 0.3 is 0 Å². The maximum absolute atomic E-state index is 5.82. The SMILES string of the molecule is CCCCCOc1nc(C)c(-c2ccc(OCC)cc2OC)nc1NC. The summed E-state index contributed by atoms with van der Waals surface area (Å²) in [4.78, 5) is 9.34. The predicted molar refractivity (Wildman–Crippen MR) is 104 cm³/mol. The molecule has 142 valence electrons. The average Bonchev–Trinajstić information content (AvgIpc) is 2.66. The van der Waals surface area contributed by atoms with Crippen LogP contribution < -0.4 is 19.5 Å². The van der Waals surface area contributed by atoms with E-state index in [4.69, 9.17) is 19.2 Å². The lowest BCUT2D eigenvalue weighted by atomic mass is 10.1. The molecule has 6 nitrogen and oxygen atoms in total. The summed E-state index contributed by atoms with van der Waals surface area (Å²) in [5, 5.41) is 3.08. The Hall–Kier alpha value is -2.50. The highest BCUT2D eigenvalue weighted by molar-refractivity contribution is 5.72. The van der Waals surface area contributed by atoms with Gasteiger partial charge in [0.15, 0.2) is 5.82 Å². The maximum Gasteiger partial charge on any atom is 0.257 e. The first-order valence-electron chi connectivity index (χ1n) is 9.14. The number of methoxy groups -OCH3 is 1. The summed E-state index contributed by atoms with van der Waals surface area (Å²) in [5.74, 6) is 2.63. The lowest BCUT2D eigenvalue weighted by Crippen LogP contribution is -2.07. The Morgan fingerprint density at radius 1 is 1.08 bits per heavy atom. The molecule has 0 saturated heterocycles. The Morgan fingerprint density at radius 2 is 1.88 bits per heavy atom. The molecule has 2 aromatic rings. The van der Waals surface area contributed by atoms with E-state index in [0.717, 1.165) is 42.0 Å². The Labute approximate surface area is 155 Å². The highest BCUT2D eigenvalue weighted by Gasteiger charge is 2.17. The normalized spacial score (nSPS) is 10.5. The number of nitrogens with one attached hydrogen (secondary N) is 1. The molecule has 0 atom stereocenters. The summed E-state index contributed by atoms with van der Waals surface area (Å²) in [6.45, 7) is 7.30. The van der Waals surface area contributed by atoms with Gasteiger partial charge in [-0.25, -0.2) is 9.97 Å². The van der Waals surface area contributed by atoms with Crippen LogP contribution in [0, 0.1) is 6.92 Å². The van der Waals surface area contributed by atoms with Crippen molar-refractivity contribution >= 4 is 5.82 Å². The summed E-state index contributed by atoms with van der Waals surface area (Å²) in [5.41, 5.74) is 2.42. The van der Waals surface area contributed by atoms with E-state index in [0.29, 0.717) is 30.7 Å². The van der Waals surface area contributed by atoms with E-state index in [1.165, 1.54) is 0 Å². The topological polar surface area (TPSA) is 65.5 Å². The first-order chi connectivity index (χ1) is 12.6. The molecule has 0 spiro atoms. The van der Waals surface area contributed by atoms with Gasteiger partial charge in [0.05, 0.1) is 31.7 Å². The molecule has 0 unspecified atom stereocenters. The minimum Gasteiger partial charge on any atom is -0.496 e. The quantitative estimate of drug-likeness (QED) is 0.631. The van der Waals surface area contributed by atoms with Crippen LogP contribution in [0.5, 0.6) is 17.4 Å². The van der Waals surface area contributed by atoms with Crippen LogP contribution in [0.4, 0.5) is 5.82 Å². The smallest absolute Gasteiger partial charge is 0.257 e. The van der Waals surface area contributed by atoms with Crippen molar-refractivity contribution in [1.82, 2.24) is 9.97 Å². The minimum absolute atomic E-state index is 0.537. The van der Waals surface area contributed by atoms with Crippen molar-refractivity contribution in [3.05, 3.63) is 23.9 Å². The first kappa shape index (κ1) is 19.8. The van der Waals surface area contributed by atoms with Crippen LogP contribution in [0.15, 0.2) is 18.2 Å². The lowest BCUT2D eigenvalue weighted by Gasteiger charge is -2.15. The summed E-state index contributed by atoms with van der Waals surface area (Å²) >= 11 is 0. The van der Waals surface area contributed by atoms with E-state index >= 15 is 0 Å². The molecule has 0 fully saturated rings. The molecule has 0 aliphatic carbocycles. The Morgan fingerprint density at radius 3 is 2.54 bits per heavy atom. The molecule has 0 saturated carbocycles. The molecule has 2 rings (SSSR count). The van der Waals surface area contributed by atoms with E-state index in [-0.39, 0.29) is 0 Å². The maximum atomic E-state index is 5.82. The number of hydrogen-bond donors (Lipinski definition) is 1. The van der Waals surface area contributed by atoms with Crippen LogP contribution in [-0.4, -0.2) is 37.3 Å². The van der Waals surface area contributed by atoms with Gasteiger partial charge in [-0.1, -0.05) is 19.8 Å². The van der Waals surface area contributed by atoms with Gasteiger partial charge in [-0.15, -0.1) is 0 Å². The van der Waals surface area contributed by atoms with Gasteiger partial charge < -0.3 is 19.5 Å². The number of aryl methyl sites for hydroxylation is 1. The largest absolute Gasteiger partial charge is 0.496 e.